The first-order valence-corrected chi connectivity index (χ1v) is 6.55. The Morgan fingerprint density at radius 3 is 2.63 bits per heavy atom. The van der Waals surface area contributed by atoms with Crippen LogP contribution in [0.3, 0.4) is 0 Å². The van der Waals surface area contributed by atoms with Gasteiger partial charge in [-0.15, -0.1) is 0 Å². The lowest BCUT2D eigenvalue weighted by Gasteiger charge is -2.08. The Morgan fingerprint density at radius 2 is 2.05 bits per heavy atom. The molecule has 0 spiro atoms. The number of thioether (sulfide) groups is 1. The number of nitrogens with two attached hydrogens (primary N) is 1. The fourth-order valence-corrected chi connectivity index (χ4v) is 1.97. The van der Waals surface area contributed by atoms with Crippen LogP contribution in [0.1, 0.15) is 24.5 Å². The molecule has 0 aliphatic carbocycles. The summed E-state index contributed by atoms with van der Waals surface area (Å²) in [5, 5.41) is 0.0247. The van der Waals surface area contributed by atoms with Gasteiger partial charge in [-0.25, -0.2) is 0 Å². The van der Waals surface area contributed by atoms with E-state index in [4.69, 9.17) is 5.73 Å². The zero-order valence-electron chi connectivity index (χ0n) is 10.3. The Labute approximate surface area is 113 Å². The zero-order valence-corrected chi connectivity index (χ0v) is 11.1. The number of carbonyl (C=O) groups is 1. The van der Waals surface area contributed by atoms with Crippen LogP contribution < -0.4 is 5.73 Å². The topological polar surface area (TPSA) is 43.1 Å². The van der Waals surface area contributed by atoms with Crippen molar-refractivity contribution in [3.05, 3.63) is 35.4 Å². The van der Waals surface area contributed by atoms with E-state index in [2.05, 4.69) is 0 Å². The second kappa shape index (κ2) is 6.65. The molecule has 6 heteroatoms. The molecule has 0 unspecified atom stereocenters. The lowest BCUT2D eigenvalue weighted by Crippen LogP contribution is -2.06. The van der Waals surface area contributed by atoms with E-state index in [0.717, 1.165) is 12.1 Å². The minimum Gasteiger partial charge on any atom is -0.399 e. The van der Waals surface area contributed by atoms with E-state index in [1.807, 2.05) is 0 Å². The van der Waals surface area contributed by atoms with Crippen molar-refractivity contribution in [3.8, 4) is 0 Å². The van der Waals surface area contributed by atoms with E-state index in [1.165, 1.54) is 24.8 Å². The molecule has 1 rings (SSSR count). The van der Waals surface area contributed by atoms with Gasteiger partial charge in [-0.1, -0.05) is 23.9 Å². The van der Waals surface area contributed by atoms with Crippen LogP contribution in [0.25, 0.3) is 6.08 Å². The molecule has 0 heterocycles. The van der Waals surface area contributed by atoms with Crippen LogP contribution in [0, 0.1) is 0 Å². The van der Waals surface area contributed by atoms with Crippen molar-refractivity contribution in [1.82, 2.24) is 0 Å². The Kier molecular flexibility index (Phi) is 5.47. The smallest absolute Gasteiger partial charge is 0.399 e. The molecule has 0 aliphatic heterocycles. The van der Waals surface area contributed by atoms with E-state index in [9.17, 15) is 18.0 Å². The normalized spacial score (nSPS) is 12.0. The third kappa shape index (κ3) is 5.83. The first-order chi connectivity index (χ1) is 8.79. The third-order valence-electron chi connectivity index (χ3n) is 2.21. The minimum absolute atomic E-state index is 0.0247. The van der Waals surface area contributed by atoms with Gasteiger partial charge in [0.05, 0.1) is 5.56 Å². The number of hydrogen-bond donors (Lipinski definition) is 1. The summed E-state index contributed by atoms with van der Waals surface area (Å²) in [5.74, 6) is 0.611. The third-order valence-corrected chi connectivity index (χ3v) is 3.05. The lowest BCUT2D eigenvalue weighted by molar-refractivity contribution is -0.137. The standard InChI is InChI=1S/C13H14F3NOS/c1-9(18)19-5-3-2-4-10-6-11(13(14,15)16)8-12(17)7-10/h2,4,6-8H,3,5,17H2,1H3. The Balaban J connectivity index is 2.71. The highest BCUT2D eigenvalue weighted by Crippen LogP contribution is 2.31. The fraction of sp³-hybridized carbons (Fsp3) is 0.308. The maximum Gasteiger partial charge on any atom is 0.416 e. The summed E-state index contributed by atoms with van der Waals surface area (Å²) in [5.41, 5.74) is 5.16. The minimum atomic E-state index is -4.40. The fourth-order valence-electron chi connectivity index (χ4n) is 1.43. The Hall–Kier alpha value is -1.43. The predicted molar refractivity (Wildman–Crippen MR) is 72.6 cm³/mol. The molecule has 0 aromatic heterocycles. The van der Waals surface area contributed by atoms with Crippen molar-refractivity contribution >= 4 is 28.6 Å². The summed E-state index contributed by atoms with van der Waals surface area (Å²) in [6.45, 7) is 1.47. The number of allylic oxidation sites excluding steroid dienone is 1. The van der Waals surface area contributed by atoms with Gasteiger partial charge in [0, 0.05) is 18.4 Å². The van der Waals surface area contributed by atoms with Gasteiger partial charge in [0.2, 0.25) is 0 Å². The highest BCUT2D eigenvalue weighted by Gasteiger charge is 2.30. The molecule has 0 amide bonds. The number of benzene rings is 1. The highest BCUT2D eigenvalue weighted by atomic mass is 32.2. The maximum absolute atomic E-state index is 12.6. The van der Waals surface area contributed by atoms with E-state index in [0.29, 0.717) is 17.7 Å². The van der Waals surface area contributed by atoms with Gasteiger partial charge in [0.25, 0.3) is 0 Å². The van der Waals surface area contributed by atoms with Crippen LogP contribution in [-0.4, -0.2) is 10.9 Å². The highest BCUT2D eigenvalue weighted by molar-refractivity contribution is 8.13. The summed E-state index contributed by atoms with van der Waals surface area (Å²) in [4.78, 5) is 10.7. The quantitative estimate of drug-likeness (QED) is 0.673. The number of hydrogen-bond acceptors (Lipinski definition) is 3. The van der Waals surface area contributed by atoms with Crippen LogP contribution in [-0.2, 0) is 11.0 Å². The van der Waals surface area contributed by atoms with Crippen molar-refractivity contribution in [2.75, 3.05) is 11.5 Å². The van der Waals surface area contributed by atoms with Gasteiger partial charge in [-0.05, 0) is 30.2 Å². The second-order valence-electron chi connectivity index (χ2n) is 3.92. The summed E-state index contributed by atoms with van der Waals surface area (Å²) in [6, 6.07) is 3.43. The van der Waals surface area contributed by atoms with Crippen molar-refractivity contribution in [3.63, 3.8) is 0 Å². The van der Waals surface area contributed by atoms with Crippen molar-refractivity contribution in [2.45, 2.75) is 19.5 Å². The molecule has 19 heavy (non-hydrogen) atoms. The summed E-state index contributed by atoms with van der Waals surface area (Å²) >= 11 is 1.18. The number of carbonyl (C=O) groups excluding carboxylic acids is 1. The molecule has 0 fully saturated rings. The van der Waals surface area contributed by atoms with Gasteiger partial charge in [-0.3, -0.25) is 4.79 Å². The number of rotatable bonds is 4. The predicted octanol–water partition coefficient (Wildman–Crippen LogP) is 3.97. The lowest BCUT2D eigenvalue weighted by atomic mass is 10.1. The molecule has 0 saturated carbocycles. The Morgan fingerprint density at radius 1 is 1.37 bits per heavy atom. The van der Waals surface area contributed by atoms with Crippen molar-refractivity contribution in [1.29, 1.82) is 0 Å². The molecule has 1 aromatic carbocycles. The van der Waals surface area contributed by atoms with E-state index >= 15 is 0 Å². The van der Waals surface area contributed by atoms with Crippen LogP contribution >= 0.6 is 11.8 Å². The number of anilines is 1. The average molecular weight is 289 g/mol. The molecule has 1 aromatic rings. The molecule has 0 aliphatic rings. The van der Waals surface area contributed by atoms with Crippen LogP contribution in [0.15, 0.2) is 24.3 Å². The van der Waals surface area contributed by atoms with Gasteiger partial charge < -0.3 is 5.73 Å². The molecule has 2 N–H and O–H groups in total. The zero-order chi connectivity index (χ0) is 14.5. The molecular formula is C13H14F3NOS. The van der Waals surface area contributed by atoms with E-state index < -0.39 is 11.7 Å². The SMILES string of the molecule is CC(=O)SCCC=Cc1cc(N)cc(C(F)(F)F)c1. The number of alkyl halides is 3. The van der Waals surface area contributed by atoms with Crippen molar-refractivity contribution < 1.29 is 18.0 Å². The van der Waals surface area contributed by atoms with Gasteiger partial charge in [-0.2, -0.15) is 13.2 Å². The molecule has 0 bridgehead atoms. The molecule has 2 nitrogen and oxygen atoms in total. The van der Waals surface area contributed by atoms with Crippen molar-refractivity contribution in [2.24, 2.45) is 0 Å². The van der Waals surface area contributed by atoms with E-state index in [-0.39, 0.29) is 10.8 Å². The summed E-state index contributed by atoms with van der Waals surface area (Å²) in [7, 11) is 0. The molecular weight excluding hydrogens is 275 g/mol. The Bertz CT molecular complexity index is 483. The van der Waals surface area contributed by atoms with Gasteiger partial charge >= 0.3 is 6.18 Å². The van der Waals surface area contributed by atoms with Gasteiger partial charge in [0.1, 0.15) is 0 Å². The van der Waals surface area contributed by atoms with Crippen LogP contribution in [0.2, 0.25) is 0 Å². The summed E-state index contributed by atoms with van der Waals surface area (Å²) < 4.78 is 37.7. The molecule has 0 radical (unpaired) electrons. The molecule has 0 saturated heterocycles. The first kappa shape index (κ1) is 15.6. The molecule has 0 atom stereocenters. The number of halogens is 3. The average Bonchev–Trinajstić information content (AvgIpc) is 2.26. The second-order valence-corrected chi connectivity index (χ2v) is 5.19. The largest absolute Gasteiger partial charge is 0.416 e. The van der Waals surface area contributed by atoms with Gasteiger partial charge in [0.15, 0.2) is 5.12 Å². The monoisotopic (exact) mass is 289 g/mol. The number of nitrogen functional groups attached to an aromatic ring is 1. The van der Waals surface area contributed by atoms with Crippen LogP contribution in [0.4, 0.5) is 18.9 Å². The maximum atomic E-state index is 12.6. The van der Waals surface area contributed by atoms with Crippen LogP contribution in [0.5, 0.6) is 0 Å². The first-order valence-electron chi connectivity index (χ1n) is 5.56. The van der Waals surface area contributed by atoms with E-state index in [1.54, 1.807) is 12.2 Å². The molecule has 104 valence electrons. The summed E-state index contributed by atoms with van der Waals surface area (Å²) in [6.07, 6.45) is -0.486.